The standard InChI is InChI=1S/C22H15BrN2O3S2/c1-13-6-5-7-14(10-13)25-20(27)17(19(26)24-22(25)29)11-15-12-18(23)21(28-15)30-16-8-3-2-4-9-16/h2-12H,1H3,(H,24,26,29)/b17-11+. The van der Waals surface area contributed by atoms with Gasteiger partial charge in [0.05, 0.1) is 10.2 Å². The van der Waals surface area contributed by atoms with Gasteiger partial charge in [0.15, 0.2) is 10.2 Å². The van der Waals surface area contributed by atoms with E-state index < -0.39 is 11.8 Å². The lowest BCUT2D eigenvalue weighted by molar-refractivity contribution is -0.122. The second kappa shape index (κ2) is 8.59. The van der Waals surface area contributed by atoms with Crippen LogP contribution in [-0.4, -0.2) is 16.9 Å². The number of hydrogen-bond donors (Lipinski definition) is 1. The Morgan fingerprint density at radius 1 is 1.10 bits per heavy atom. The highest BCUT2D eigenvalue weighted by Gasteiger charge is 2.34. The molecule has 2 heterocycles. The quantitative estimate of drug-likeness (QED) is 0.299. The van der Waals surface area contributed by atoms with Crippen LogP contribution in [-0.2, 0) is 9.59 Å². The molecule has 1 aliphatic rings. The average molecular weight is 499 g/mol. The average Bonchev–Trinajstić information content (AvgIpc) is 3.05. The molecule has 4 rings (SSSR count). The van der Waals surface area contributed by atoms with E-state index in [4.69, 9.17) is 16.6 Å². The number of anilines is 1. The van der Waals surface area contributed by atoms with E-state index in [0.29, 0.717) is 16.5 Å². The van der Waals surface area contributed by atoms with Crippen molar-refractivity contribution in [3.05, 3.63) is 82.0 Å². The number of rotatable bonds is 4. The van der Waals surface area contributed by atoms with Crippen LogP contribution in [0.2, 0.25) is 0 Å². The minimum atomic E-state index is -0.557. The molecule has 0 unspecified atom stereocenters. The summed E-state index contributed by atoms with van der Waals surface area (Å²) < 4.78 is 6.59. The van der Waals surface area contributed by atoms with E-state index in [0.717, 1.165) is 14.9 Å². The Morgan fingerprint density at radius 3 is 2.60 bits per heavy atom. The van der Waals surface area contributed by atoms with E-state index in [9.17, 15) is 9.59 Å². The summed E-state index contributed by atoms with van der Waals surface area (Å²) >= 11 is 10.1. The summed E-state index contributed by atoms with van der Waals surface area (Å²) in [4.78, 5) is 27.9. The van der Waals surface area contributed by atoms with Crippen LogP contribution in [0, 0.1) is 6.92 Å². The van der Waals surface area contributed by atoms with Crippen molar-refractivity contribution in [3.63, 3.8) is 0 Å². The number of aryl methyl sites for hydroxylation is 1. The van der Waals surface area contributed by atoms with Gasteiger partial charge in [0.1, 0.15) is 11.3 Å². The molecule has 2 amide bonds. The number of nitrogens with one attached hydrogen (secondary N) is 1. The van der Waals surface area contributed by atoms with Crippen molar-refractivity contribution in [2.45, 2.75) is 16.9 Å². The summed E-state index contributed by atoms with van der Waals surface area (Å²) in [7, 11) is 0. The number of nitrogens with zero attached hydrogens (tertiary/aromatic N) is 1. The Bertz CT molecular complexity index is 1190. The predicted octanol–water partition coefficient (Wildman–Crippen LogP) is 5.33. The molecule has 0 bridgehead atoms. The van der Waals surface area contributed by atoms with Gasteiger partial charge in [-0.25, -0.2) is 0 Å². The molecule has 1 saturated heterocycles. The highest BCUT2D eigenvalue weighted by molar-refractivity contribution is 9.10. The molecule has 8 heteroatoms. The van der Waals surface area contributed by atoms with E-state index in [1.165, 1.54) is 22.7 Å². The number of benzene rings is 2. The van der Waals surface area contributed by atoms with Gasteiger partial charge in [-0.15, -0.1) is 0 Å². The monoisotopic (exact) mass is 498 g/mol. The van der Waals surface area contributed by atoms with Crippen LogP contribution in [0.25, 0.3) is 6.08 Å². The molecular weight excluding hydrogens is 484 g/mol. The molecule has 30 heavy (non-hydrogen) atoms. The Balaban J connectivity index is 1.65. The van der Waals surface area contributed by atoms with Crippen molar-refractivity contribution in [3.8, 4) is 0 Å². The van der Waals surface area contributed by atoms with Crippen molar-refractivity contribution < 1.29 is 14.0 Å². The Labute approximate surface area is 191 Å². The lowest BCUT2D eigenvalue weighted by Gasteiger charge is -2.28. The largest absolute Gasteiger partial charge is 0.449 e. The first-order valence-corrected chi connectivity index (χ1v) is 10.9. The molecular formula is C22H15BrN2O3S2. The van der Waals surface area contributed by atoms with Gasteiger partial charge < -0.3 is 4.42 Å². The zero-order valence-electron chi connectivity index (χ0n) is 15.7. The SMILES string of the molecule is Cc1cccc(N2C(=O)/C(=C/c3cc(Br)c(Sc4ccccc4)o3)C(=O)NC2=S)c1. The topological polar surface area (TPSA) is 62.6 Å². The molecule has 0 aliphatic carbocycles. The first-order valence-electron chi connectivity index (χ1n) is 8.93. The van der Waals surface area contributed by atoms with Crippen LogP contribution in [0.15, 0.2) is 85.1 Å². The van der Waals surface area contributed by atoms with Crippen molar-refractivity contribution in [1.29, 1.82) is 0 Å². The fourth-order valence-electron chi connectivity index (χ4n) is 2.91. The van der Waals surface area contributed by atoms with Crippen LogP contribution < -0.4 is 10.2 Å². The molecule has 1 N–H and O–H groups in total. The molecule has 0 atom stereocenters. The molecule has 2 aromatic carbocycles. The molecule has 5 nitrogen and oxygen atoms in total. The minimum absolute atomic E-state index is 0.0497. The van der Waals surface area contributed by atoms with Gasteiger partial charge >= 0.3 is 0 Å². The fourth-order valence-corrected chi connectivity index (χ4v) is 4.54. The van der Waals surface area contributed by atoms with Gasteiger partial charge in [0.25, 0.3) is 11.8 Å². The molecule has 0 saturated carbocycles. The molecule has 3 aromatic rings. The molecule has 0 spiro atoms. The minimum Gasteiger partial charge on any atom is -0.449 e. The summed E-state index contributed by atoms with van der Waals surface area (Å²) in [6.07, 6.45) is 1.43. The first kappa shape index (κ1) is 20.6. The first-order chi connectivity index (χ1) is 14.4. The predicted molar refractivity (Wildman–Crippen MR) is 124 cm³/mol. The lowest BCUT2D eigenvalue weighted by Crippen LogP contribution is -2.54. The second-order valence-corrected chi connectivity index (χ2v) is 8.78. The summed E-state index contributed by atoms with van der Waals surface area (Å²) in [6, 6.07) is 18.8. The number of thiocarbonyl (C=S) groups is 1. The number of halogens is 1. The Morgan fingerprint density at radius 2 is 1.87 bits per heavy atom. The van der Waals surface area contributed by atoms with Crippen LogP contribution in [0.3, 0.4) is 0 Å². The number of carbonyl (C=O) groups excluding carboxylic acids is 2. The molecule has 1 aliphatic heterocycles. The van der Waals surface area contributed by atoms with E-state index in [2.05, 4.69) is 21.2 Å². The van der Waals surface area contributed by atoms with Crippen LogP contribution >= 0.6 is 39.9 Å². The smallest absolute Gasteiger partial charge is 0.270 e. The highest BCUT2D eigenvalue weighted by Crippen LogP contribution is 2.36. The third-order valence-electron chi connectivity index (χ3n) is 4.28. The second-order valence-electron chi connectivity index (χ2n) is 6.50. The third-order valence-corrected chi connectivity index (χ3v) is 6.41. The maximum absolute atomic E-state index is 13.1. The highest BCUT2D eigenvalue weighted by atomic mass is 79.9. The molecule has 1 fully saturated rings. The zero-order valence-corrected chi connectivity index (χ0v) is 18.9. The summed E-state index contributed by atoms with van der Waals surface area (Å²) in [5.74, 6) is -0.673. The van der Waals surface area contributed by atoms with Gasteiger partial charge in [-0.3, -0.25) is 19.8 Å². The van der Waals surface area contributed by atoms with Gasteiger partial charge in [-0.05, 0) is 77.0 Å². The fraction of sp³-hybridized carbons (Fsp3) is 0.0455. The van der Waals surface area contributed by atoms with E-state index in [1.807, 2.05) is 55.5 Å². The van der Waals surface area contributed by atoms with Gasteiger partial charge in [-0.2, -0.15) is 0 Å². The maximum atomic E-state index is 13.1. The van der Waals surface area contributed by atoms with E-state index in [1.54, 1.807) is 12.1 Å². The number of furan rings is 1. The zero-order chi connectivity index (χ0) is 21.3. The van der Waals surface area contributed by atoms with Gasteiger partial charge in [0, 0.05) is 4.90 Å². The Kier molecular flexibility index (Phi) is 5.90. The van der Waals surface area contributed by atoms with Crippen molar-refractivity contribution in [2.75, 3.05) is 4.90 Å². The van der Waals surface area contributed by atoms with E-state index >= 15 is 0 Å². The molecule has 1 aromatic heterocycles. The Hall–Kier alpha value is -2.68. The van der Waals surface area contributed by atoms with Crippen molar-refractivity contribution >= 4 is 68.6 Å². The number of hydrogen-bond acceptors (Lipinski definition) is 5. The summed E-state index contributed by atoms with van der Waals surface area (Å²) in [5, 5.41) is 3.26. The third kappa shape index (κ3) is 4.26. The van der Waals surface area contributed by atoms with Crippen LogP contribution in [0.4, 0.5) is 5.69 Å². The summed E-state index contributed by atoms with van der Waals surface area (Å²) in [6.45, 7) is 1.92. The normalized spacial score (nSPS) is 15.6. The van der Waals surface area contributed by atoms with Crippen LogP contribution in [0.5, 0.6) is 0 Å². The van der Waals surface area contributed by atoms with Gasteiger partial charge in [-0.1, -0.05) is 42.1 Å². The van der Waals surface area contributed by atoms with E-state index in [-0.39, 0.29) is 10.7 Å². The number of carbonyl (C=O) groups is 2. The molecule has 0 radical (unpaired) electrons. The van der Waals surface area contributed by atoms with Crippen LogP contribution in [0.1, 0.15) is 11.3 Å². The van der Waals surface area contributed by atoms with Crippen molar-refractivity contribution in [1.82, 2.24) is 5.32 Å². The number of amides is 2. The van der Waals surface area contributed by atoms with Crippen molar-refractivity contribution in [2.24, 2.45) is 0 Å². The molecule has 150 valence electrons. The van der Waals surface area contributed by atoms with Gasteiger partial charge in [0.2, 0.25) is 0 Å². The maximum Gasteiger partial charge on any atom is 0.270 e. The summed E-state index contributed by atoms with van der Waals surface area (Å²) in [5.41, 5.74) is 1.52. The lowest BCUT2D eigenvalue weighted by atomic mass is 10.1.